The van der Waals surface area contributed by atoms with E-state index in [0.717, 1.165) is 12.3 Å². The molecule has 1 rings (SSSR count). The fourth-order valence-electron chi connectivity index (χ4n) is 2.09. The normalized spacial score (nSPS) is 12.6. The average molecular weight is 249 g/mol. The van der Waals surface area contributed by atoms with Crippen LogP contribution in [0.3, 0.4) is 0 Å². The molecule has 0 aliphatic carbocycles. The summed E-state index contributed by atoms with van der Waals surface area (Å²) in [6.07, 6.45) is 0. The summed E-state index contributed by atoms with van der Waals surface area (Å²) in [6.45, 7) is 13.8. The van der Waals surface area contributed by atoms with Gasteiger partial charge in [0.2, 0.25) is 0 Å². The Morgan fingerprint density at radius 3 is 2.22 bits per heavy atom. The first-order valence-electron chi connectivity index (χ1n) is 6.60. The Bertz CT molecular complexity index is 402. The van der Waals surface area contributed by atoms with E-state index in [-0.39, 0.29) is 11.0 Å². The molecule has 0 saturated carbocycles. The summed E-state index contributed by atoms with van der Waals surface area (Å²) in [7, 11) is 1.95. The van der Waals surface area contributed by atoms with Crippen molar-refractivity contribution in [1.29, 1.82) is 0 Å². The van der Waals surface area contributed by atoms with Gasteiger partial charge in [0, 0.05) is 6.54 Å². The number of likely N-dealkylation sites (N-methyl/N-ethyl adjacent to an activating group) is 1. The largest absolute Gasteiger partial charge is 0.486 e. The third-order valence-corrected chi connectivity index (χ3v) is 2.93. The molecule has 0 aliphatic heterocycles. The molecule has 102 valence electrons. The lowest BCUT2D eigenvalue weighted by Crippen LogP contribution is -2.39. The molecule has 0 aromatic heterocycles. The van der Waals surface area contributed by atoms with Crippen molar-refractivity contribution in [2.24, 2.45) is 0 Å². The van der Waals surface area contributed by atoms with E-state index in [1.165, 1.54) is 11.1 Å². The van der Waals surface area contributed by atoms with Gasteiger partial charge in [0.1, 0.15) is 11.4 Å². The lowest BCUT2D eigenvalue weighted by molar-refractivity contribution is 0.108. The lowest BCUT2D eigenvalue weighted by atomic mass is 9.85. The topological polar surface area (TPSA) is 21.3 Å². The minimum absolute atomic E-state index is 0.0960. The summed E-state index contributed by atoms with van der Waals surface area (Å²) in [5.74, 6) is 1.00. The molecule has 0 fully saturated rings. The van der Waals surface area contributed by atoms with Gasteiger partial charge >= 0.3 is 0 Å². The van der Waals surface area contributed by atoms with Gasteiger partial charge in [-0.15, -0.1) is 0 Å². The summed E-state index contributed by atoms with van der Waals surface area (Å²) in [4.78, 5) is 0. The minimum Gasteiger partial charge on any atom is -0.486 e. The van der Waals surface area contributed by atoms with Gasteiger partial charge in [-0.3, -0.25) is 0 Å². The maximum absolute atomic E-state index is 6.22. The van der Waals surface area contributed by atoms with Crippen molar-refractivity contribution in [1.82, 2.24) is 5.32 Å². The first-order chi connectivity index (χ1) is 8.15. The number of hydrogen-bond donors (Lipinski definition) is 1. The van der Waals surface area contributed by atoms with Gasteiger partial charge in [-0.25, -0.2) is 0 Å². The molecule has 0 spiro atoms. The molecule has 0 radical (unpaired) electrons. The highest BCUT2D eigenvalue weighted by atomic mass is 16.5. The summed E-state index contributed by atoms with van der Waals surface area (Å²) in [5, 5.41) is 3.18. The van der Waals surface area contributed by atoms with Gasteiger partial charge < -0.3 is 10.1 Å². The van der Waals surface area contributed by atoms with Gasteiger partial charge in [0.05, 0.1) is 0 Å². The van der Waals surface area contributed by atoms with Gasteiger partial charge in [-0.05, 0) is 50.4 Å². The van der Waals surface area contributed by atoms with E-state index < -0.39 is 0 Å². The minimum atomic E-state index is -0.206. The molecule has 1 N–H and O–H groups in total. The van der Waals surface area contributed by atoms with Crippen molar-refractivity contribution in [3.8, 4) is 5.75 Å². The maximum Gasteiger partial charge on any atom is 0.124 e. The van der Waals surface area contributed by atoms with E-state index >= 15 is 0 Å². The molecular weight excluding hydrogens is 222 g/mol. The monoisotopic (exact) mass is 249 g/mol. The Morgan fingerprint density at radius 1 is 1.11 bits per heavy atom. The second-order valence-corrected chi connectivity index (χ2v) is 6.64. The Labute approximate surface area is 112 Å². The summed E-state index contributed by atoms with van der Waals surface area (Å²) >= 11 is 0. The number of ether oxygens (including phenoxy) is 1. The van der Waals surface area contributed by atoms with Crippen LogP contribution in [0.4, 0.5) is 0 Å². The summed E-state index contributed by atoms with van der Waals surface area (Å²) in [5.41, 5.74) is 2.39. The molecule has 0 bridgehead atoms. The van der Waals surface area contributed by atoms with Crippen LogP contribution >= 0.6 is 0 Å². The SMILES string of the molecule is CNCC(C)(C)Oc1cc(C)ccc1C(C)(C)C. The number of rotatable bonds is 4. The van der Waals surface area contributed by atoms with Crippen LogP contribution < -0.4 is 10.1 Å². The Balaban J connectivity index is 3.11. The Hall–Kier alpha value is -1.02. The van der Waals surface area contributed by atoms with Gasteiger partial charge in [0.25, 0.3) is 0 Å². The van der Waals surface area contributed by atoms with Crippen molar-refractivity contribution < 1.29 is 4.74 Å². The van der Waals surface area contributed by atoms with E-state index in [9.17, 15) is 0 Å². The quantitative estimate of drug-likeness (QED) is 0.879. The number of benzene rings is 1. The molecule has 1 aromatic carbocycles. The third kappa shape index (κ3) is 4.02. The van der Waals surface area contributed by atoms with Crippen molar-refractivity contribution in [2.45, 2.75) is 52.6 Å². The van der Waals surface area contributed by atoms with Crippen LogP contribution in [0.1, 0.15) is 45.7 Å². The molecule has 0 amide bonds. The maximum atomic E-state index is 6.22. The molecule has 0 unspecified atom stereocenters. The van der Waals surface area contributed by atoms with E-state index in [2.05, 4.69) is 65.1 Å². The standard InChI is InChI=1S/C16H27NO/c1-12-8-9-13(15(2,3)4)14(10-12)18-16(5,6)11-17-7/h8-10,17H,11H2,1-7H3. The zero-order valence-electron chi connectivity index (χ0n) is 12.8. The van der Waals surface area contributed by atoms with Crippen LogP contribution in [0, 0.1) is 6.92 Å². The number of aryl methyl sites for hydroxylation is 1. The van der Waals surface area contributed by atoms with Crippen LogP contribution in [-0.2, 0) is 5.41 Å². The first-order valence-corrected chi connectivity index (χ1v) is 6.60. The molecule has 0 heterocycles. The van der Waals surface area contributed by atoms with Gasteiger partial charge in [-0.2, -0.15) is 0 Å². The van der Waals surface area contributed by atoms with Crippen LogP contribution in [0.25, 0.3) is 0 Å². The Kier molecular flexibility index (Phi) is 4.44. The van der Waals surface area contributed by atoms with Gasteiger partial charge in [-0.1, -0.05) is 32.9 Å². The molecule has 2 nitrogen and oxygen atoms in total. The molecule has 18 heavy (non-hydrogen) atoms. The zero-order valence-corrected chi connectivity index (χ0v) is 12.8. The van der Waals surface area contributed by atoms with Crippen LogP contribution in [0.15, 0.2) is 18.2 Å². The van der Waals surface area contributed by atoms with Crippen molar-refractivity contribution in [2.75, 3.05) is 13.6 Å². The molecule has 0 atom stereocenters. The predicted octanol–water partition coefficient (Wildman–Crippen LogP) is 3.67. The number of nitrogens with one attached hydrogen (secondary N) is 1. The molecule has 0 aliphatic rings. The zero-order chi connectivity index (χ0) is 14.0. The van der Waals surface area contributed by atoms with Crippen LogP contribution in [-0.4, -0.2) is 19.2 Å². The smallest absolute Gasteiger partial charge is 0.124 e. The van der Waals surface area contributed by atoms with E-state index in [1.54, 1.807) is 0 Å². The van der Waals surface area contributed by atoms with Crippen molar-refractivity contribution in [3.05, 3.63) is 29.3 Å². The first kappa shape index (κ1) is 15.0. The average Bonchev–Trinajstić information content (AvgIpc) is 2.14. The van der Waals surface area contributed by atoms with Crippen molar-refractivity contribution >= 4 is 0 Å². The Morgan fingerprint density at radius 2 is 1.72 bits per heavy atom. The second-order valence-electron chi connectivity index (χ2n) is 6.64. The predicted molar refractivity (Wildman–Crippen MR) is 78.5 cm³/mol. The fourth-order valence-corrected chi connectivity index (χ4v) is 2.09. The van der Waals surface area contributed by atoms with E-state index in [1.807, 2.05) is 7.05 Å². The van der Waals surface area contributed by atoms with E-state index in [4.69, 9.17) is 4.74 Å². The third-order valence-electron chi connectivity index (χ3n) is 2.93. The molecule has 1 aromatic rings. The molecular formula is C16H27NO. The van der Waals surface area contributed by atoms with Crippen molar-refractivity contribution in [3.63, 3.8) is 0 Å². The molecule has 0 saturated heterocycles. The molecule has 2 heteroatoms. The fraction of sp³-hybridized carbons (Fsp3) is 0.625. The highest BCUT2D eigenvalue weighted by molar-refractivity contribution is 5.41. The highest BCUT2D eigenvalue weighted by Gasteiger charge is 2.24. The van der Waals surface area contributed by atoms with E-state index in [0.29, 0.717) is 0 Å². The second kappa shape index (κ2) is 5.31. The van der Waals surface area contributed by atoms with Crippen LogP contribution in [0.5, 0.6) is 5.75 Å². The number of hydrogen-bond acceptors (Lipinski definition) is 2. The summed E-state index contributed by atoms with van der Waals surface area (Å²) < 4.78 is 6.22. The van der Waals surface area contributed by atoms with Crippen LogP contribution in [0.2, 0.25) is 0 Å². The summed E-state index contributed by atoms with van der Waals surface area (Å²) in [6, 6.07) is 6.47. The lowest BCUT2D eigenvalue weighted by Gasteiger charge is -2.31. The van der Waals surface area contributed by atoms with Gasteiger partial charge in [0.15, 0.2) is 0 Å². The highest BCUT2D eigenvalue weighted by Crippen LogP contribution is 2.33.